The van der Waals surface area contributed by atoms with Crippen LogP contribution in [0, 0.1) is 0 Å². The third-order valence-corrected chi connectivity index (χ3v) is 3.46. The standard InChI is InChI=1S/C15H15F3N6/c1-14(2,9-10-3-5-11(6-4-10)15(16,17)18)19-12-7-8-13-20-22-23-24(13)21-12/h3-8H,9H2,1-2H3,(H,19,21). The van der Waals surface area contributed by atoms with E-state index in [1.54, 1.807) is 12.1 Å². The van der Waals surface area contributed by atoms with Gasteiger partial charge in [0.1, 0.15) is 5.82 Å². The van der Waals surface area contributed by atoms with Crippen LogP contribution in [0.4, 0.5) is 19.0 Å². The van der Waals surface area contributed by atoms with E-state index in [4.69, 9.17) is 0 Å². The monoisotopic (exact) mass is 336 g/mol. The number of hydrogen-bond acceptors (Lipinski definition) is 5. The Morgan fingerprint density at radius 2 is 1.75 bits per heavy atom. The molecule has 0 unspecified atom stereocenters. The van der Waals surface area contributed by atoms with Crippen LogP contribution in [0.3, 0.4) is 0 Å². The van der Waals surface area contributed by atoms with E-state index < -0.39 is 17.3 Å². The highest BCUT2D eigenvalue weighted by Gasteiger charge is 2.30. The van der Waals surface area contributed by atoms with E-state index in [1.165, 1.54) is 16.8 Å². The summed E-state index contributed by atoms with van der Waals surface area (Å²) in [5.74, 6) is 0.576. The van der Waals surface area contributed by atoms with Crippen molar-refractivity contribution in [2.45, 2.75) is 32.0 Å². The molecule has 0 atom stereocenters. The maximum absolute atomic E-state index is 12.6. The minimum Gasteiger partial charge on any atom is -0.363 e. The van der Waals surface area contributed by atoms with Crippen LogP contribution in [0.25, 0.3) is 5.65 Å². The smallest absolute Gasteiger partial charge is 0.363 e. The molecule has 0 aliphatic heterocycles. The molecule has 1 aromatic carbocycles. The summed E-state index contributed by atoms with van der Waals surface area (Å²) in [7, 11) is 0. The molecule has 1 N–H and O–H groups in total. The number of fused-ring (bicyclic) bond motifs is 1. The van der Waals surface area contributed by atoms with Gasteiger partial charge in [-0.1, -0.05) is 12.1 Å². The van der Waals surface area contributed by atoms with Gasteiger partial charge in [-0.05, 0) is 60.5 Å². The number of halogens is 3. The Morgan fingerprint density at radius 3 is 2.42 bits per heavy atom. The van der Waals surface area contributed by atoms with Crippen LogP contribution in [-0.2, 0) is 12.6 Å². The molecule has 0 fully saturated rings. The number of hydrogen-bond donors (Lipinski definition) is 1. The van der Waals surface area contributed by atoms with Crippen molar-refractivity contribution in [1.29, 1.82) is 0 Å². The van der Waals surface area contributed by atoms with E-state index in [2.05, 4.69) is 25.9 Å². The summed E-state index contributed by atoms with van der Waals surface area (Å²) in [4.78, 5) is 0. The van der Waals surface area contributed by atoms with Crippen molar-refractivity contribution in [2.75, 3.05) is 5.32 Å². The highest BCUT2D eigenvalue weighted by atomic mass is 19.4. The van der Waals surface area contributed by atoms with Crippen molar-refractivity contribution in [3.05, 3.63) is 47.5 Å². The summed E-state index contributed by atoms with van der Waals surface area (Å²) in [5, 5.41) is 18.5. The van der Waals surface area contributed by atoms with Crippen molar-refractivity contribution >= 4 is 11.5 Å². The Bertz CT molecular complexity index is 838. The van der Waals surface area contributed by atoms with Crippen LogP contribution >= 0.6 is 0 Å². The molecule has 6 nitrogen and oxygen atoms in total. The number of nitrogens with zero attached hydrogens (tertiary/aromatic N) is 5. The van der Waals surface area contributed by atoms with Gasteiger partial charge in [0.2, 0.25) is 0 Å². The Balaban J connectivity index is 1.73. The largest absolute Gasteiger partial charge is 0.416 e. The summed E-state index contributed by atoms with van der Waals surface area (Å²) in [6.07, 6.45) is -3.79. The lowest BCUT2D eigenvalue weighted by molar-refractivity contribution is -0.137. The lowest BCUT2D eigenvalue weighted by Crippen LogP contribution is -2.34. The summed E-state index contributed by atoms with van der Waals surface area (Å²) in [6.45, 7) is 3.88. The molecule has 0 aliphatic rings. The minimum atomic E-state index is -4.32. The van der Waals surface area contributed by atoms with Crippen molar-refractivity contribution in [2.24, 2.45) is 0 Å². The number of anilines is 1. The Kier molecular flexibility index (Phi) is 3.86. The molecule has 24 heavy (non-hydrogen) atoms. The third-order valence-electron chi connectivity index (χ3n) is 3.46. The predicted octanol–water partition coefficient (Wildman–Crippen LogP) is 2.97. The molecule has 0 spiro atoms. The van der Waals surface area contributed by atoms with Gasteiger partial charge in [0, 0.05) is 5.54 Å². The van der Waals surface area contributed by atoms with Crippen LogP contribution in [0.1, 0.15) is 25.0 Å². The lowest BCUT2D eigenvalue weighted by Gasteiger charge is -2.27. The zero-order valence-corrected chi connectivity index (χ0v) is 13.0. The Labute approximate surface area is 135 Å². The van der Waals surface area contributed by atoms with Crippen molar-refractivity contribution in [3.8, 4) is 0 Å². The van der Waals surface area contributed by atoms with Gasteiger partial charge in [-0.25, -0.2) is 0 Å². The predicted molar refractivity (Wildman–Crippen MR) is 81.4 cm³/mol. The molecule has 2 aromatic heterocycles. The molecule has 3 rings (SSSR count). The number of nitrogens with one attached hydrogen (secondary N) is 1. The topological polar surface area (TPSA) is 68.0 Å². The number of tetrazole rings is 1. The maximum Gasteiger partial charge on any atom is 0.416 e. The summed E-state index contributed by atoms with van der Waals surface area (Å²) < 4.78 is 39.1. The van der Waals surface area contributed by atoms with E-state index in [9.17, 15) is 13.2 Å². The van der Waals surface area contributed by atoms with E-state index in [-0.39, 0.29) is 0 Å². The van der Waals surface area contributed by atoms with Crippen LogP contribution in [0.15, 0.2) is 36.4 Å². The van der Waals surface area contributed by atoms with Crippen molar-refractivity contribution < 1.29 is 13.2 Å². The zero-order chi connectivity index (χ0) is 17.4. The van der Waals surface area contributed by atoms with Crippen molar-refractivity contribution in [1.82, 2.24) is 25.3 Å². The highest BCUT2D eigenvalue weighted by molar-refractivity contribution is 5.44. The van der Waals surface area contributed by atoms with E-state index in [0.29, 0.717) is 17.9 Å². The number of alkyl halides is 3. The van der Waals surface area contributed by atoms with E-state index in [0.717, 1.165) is 17.7 Å². The van der Waals surface area contributed by atoms with Gasteiger partial charge in [0.15, 0.2) is 5.65 Å². The first-order chi connectivity index (χ1) is 11.2. The molecule has 0 radical (unpaired) electrons. The fraction of sp³-hybridized carbons (Fsp3) is 0.333. The second-order valence-electron chi connectivity index (χ2n) is 6.13. The molecule has 0 bridgehead atoms. The van der Waals surface area contributed by atoms with Crippen LogP contribution < -0.4 is 5.32 Å². The van der Waals surface area contributed by atoms with Crippen molar-refractivity contribution in [3.63, 3.8) is 0 Å². The second-order valence-corrected chi connectivity index (χ2v) is 6.13. The quantitative estimate of drug-likeness (QED) is 0.793. The van der Waals surface area contributed by atoms with Crippen LogP contribution in [0.2, 0.25) is 0 Å². The maximum atomic E-state index is 12.6. The first-order valence-corrected chi connectivity index (χ1v) is 7.23. The molecule has 0 saturated carbocycles. The average molecular weight is 336 g/mol. The molecule has 2 heterocycles. The second kappa shape index (κ2) is 5.73. The summed E-state index contributed by atoms with van der Waals surface area (Å²) in [6, 6.07) is 8.64. The van der Waals surface area contributed by atoms with Gasteiger partial charge in [0.05, 0.1) is 5.56 Å². The summed E-state index contributed by atoms with van der Waals surface area (Å²) in [5.41, 5.74) is 0.252. The number of rotatable bonds is 4. The summed E-state index contributed by atoms with van der Waals surface area (Å²) >= 11 is 0. The average Bonchev–Trinajstić information content (AvgIpc) is 2.93. The molecule has 0 aliphatic carbocycles. The molecule has 3 aromatic rings. The number of aromatic nitrogens is 5. The molecule has 126 valence electrons. The van der Waals surface area contributed by atoms with Crippen LogP contribution in [-0.4, -0.2) is 30.8 Å². The first-order valence-electron chi connectivity index (χ1n) is 7.23. The van der Waals surface area contributed by atoms with Gasteiger partial charge < -0.3 is 5.32 Å². The Hall–Kier alpha value is -2.71. The van der Waals surface area contributed by atoms with Gasteiger partial charge in [0.25, 0.3) is 0 Å². The molecular formula is C15H15F3N6. The Morgan fingerprint density at radius 1 is 1.04 bits per heavy atom. The zero-order valence-electron chi connectivity index (χ0n) is 13.0. The van der Waals surface area contributed by atoms with Crippen LogP contribution in [0.5, 0.6) is 0 Å². The first kappa shape index (κ1) is 16.2. The third kappa shape index (κ3) is 3.61. The highest BCUT2D eigenvalue weighted by Crippen LogP contribution is 2.29. The van der Waals surface area contributed by atoms with Gasteiger partial charge in [-0.15, -0.1) is 14.8 Å². The van der Waals surface area contributed by atoms with Gasteiger partial charge in [-0.2, -0.15) is 13.2 Å². The molecule has 0 saturated heterocycles. The normalized spacial score (nSPS) is 12.5. The van der Waals surface area contributed by atoms with E-state index in [1.807, 2.05) is 13.8 Å². The van der Waals surface area contributed by atoms with E-state index >= 15 is 0 Å². The SMILES string of the molecule is CC(C)(Cc1ccc(C(F)(F)F)cc1)Nc1ccc2nnnn2n1. The molecule has 0 amide bonds. The molecular weight excluding hydrogens is 321 g/mol. The fourth-order valence-electron chi connectivity index (χ4n) is 2.43. The number of benzene rings is 1. The van der Waals surface area contributed by atoms with Gasteiger partial charge in [-0.3, -0.25) is 0 Å². The molecule has 9 heteroatoms. The van der Waals surface area contributed by atoms with Gasteiger partial charge >= 0.3 is 6.18 Å². The lowest BCUT2D eigenvalue weighted by atomic mass is 9.94. The fourth-order valence-corrected chi connectivity index (χ4v) is 2.43. The minimum absolute atomic E-state index is 0.422.